The van der Waals surface area contributed by atoms with Gasteiger partial charge in [-0.05, 0) is 30.7 Å². The molecule has 0 radical (unpaired) electrons. The minimum atomic E-state index is -3.71. The number of rotatable bonds is 6. The van der Waals surface area contributed by atoms with E-state index in [9.17, 15) is 23.3 Å². The number of benzene rings is 2. The highest BCUT2D eigenvalue weighted by atomic mass is 32.2. The molecule has 1 aromatic heterocycles. The standard InChI is InChI=1S/C19H18N4O5S/c1-13-20-7-8-22(13)12-14-3-5-16(6-4-14)21-19(24)15-9-17(23(25)26)11-18(10-15)29(2,27)28/h3-11H,12H2,1-2H3,(H,21,24). The van der Waals surface area contributed by atoms with Crippen molar-refractivity contribution in [2.75, 3.05) is 11.6 Å². The van der Waals surface area contributed by atoms with Crippen molar-refractivity contribution in [1.82, 2.24) is 9.55 Å². The van der Waals surface area contributed by atoms with Gasteiger partial charge in [0.05, 0.1) is 9.82 Å². The number of non-ortho nitro benzene ring substituents is 1. The summed E-state index contributed by atoms with van der Waals surface area (Å²) in [5.41, 5.74) is 0.897. The van der Waals surface area contributed by atoms with Gasteiger partial charge in [0.25, 0.3) is 11.6 Å². The molecule has 0 fully saturated rings. The van der Waals surface area contributed by atoms with E-state index in [1.165, 1.54) is 0 Å². The van der Waals surface area contributed by atoms with Gasteiger partial charge in [-0.3, -0.25) is 14.9 Å². The van der Waals surface area contributed by atoms with Crippen molar-refractivity contribution in [1.29, 1.82) is 0 Å². The van der Waals surface area contributed by atoms with Gasteiger partial charge in [-0.2, -0.15) is 0 Å². The molecule has 150 valence electrons. The fourth-order valence-electron chi connectivity index (χ4n) is 2.70. The van der Waals surface area contributed by atoms with E-state index in [2.05, 4.69) is 10.3 Å². The van der Waals surface area contributed by atoms with E-state index in [4.69, 9.17) is 0 Å². The number of carbonyl (C=O) groups excluding carboxylic acids is 1. The molecule has 10 heteroatoms. The van der Waals surface area contributed by atoms with E-state index in [-0.39, 0.29) is 10.5 Å². The maximum atomic E-state index is 12.5. The molecule has 1 heterocycles. The molecule has 2 aromatic carbocycles. The summed E-state index contributed by atoms with van der Waals surface area (Å²) in [6.07, 6.45) is 4.51. The molecule has 0 aliphatic rings. The van der Waals surface area contributed by atoms with Crippen LogP contribution in [0.4, 0.5) is 11.4 Å². The lowest BCUT2D eigenvalue weighted by atomic mass is 10.1. The summed E-state index contributed by atoms with van der Waals surface area (Å²) in [6.45, 7) is 2.53. The normalized spacial score (nSPS) is 11.2. The Hall–Kier alpha value is -3.53. The van der Waals surface area contributed by atoms with Crippen LogP contribution in [0.25, 0.3) is 0 Å². The highest BCUT2D eigenvalue weighted by Crippen LogP contribution is 2.22. The number of amides is 1. The van der Waals surface area contributed by atoms with Crippen LogP contribution in [-0.4, -0.2) is 35.1 Å². The summed E-state index contributed by atoms with van der Waals surface area (Å²) >= 11 is 0. The summed E-state index contributed by atoms with van der Waals surface area (Å²) in [4.78, 5) is 26.7. The van der Waals surface area contributed by atoms with Crippen LogP contribution in [0, 0.1) is 17.0 Å². The van der Waals surface area contributed by atoms with Crippen molar-refractivity contribution < 1.29 is 18.1 Å². The van der Waals surface area contributed by atoms with Gasteiger partial charge in [0, 0.05) is 48.6 Å². The molecule has 0 spiro atoms. The first-order chi connectivity index (χ1) is 13.6. The molecule has 0 saturated heterocycles. The van der Waals surface area contributed by atoms with E-state index in [0.717, 1.165) is 35.8 Å². The van der Waals surface area contributed by atoms with Crippen molar-refractivity contribution in [2.45, 2.75) is 18.4 Å². The summed E-state index contributed by atoms with van der Waals surface area (Å²) < 4.78 is 25.5. The molecule has 9 nitrogen and oxygen atoms in total. The maximum absolute atomic E-state index is 12.5. The van der Waals surface area contributed by atoms with Crippen LogP contribution >= 0.6 is 0 Å². The van der Waals surface area contributed by atoms with Gasteiger partial charge in [0.2, 0.25) is 0 Å². The maximum Gasteiger partial charge on any atom is 0.271 e. The van der Waals surface area contributed by atoms with Crippen LogP contribution < -0.4 is 5.32 Å². The third-order valence-corrected chi connectivity index (χ3v) is 5.37. The smallest absolute Gasteiger partial charge is 0.271 e. The monoisotopic (exact) mass is 414 g/mol. The van der Waals surface area contributed by atoms with Crippen LogP contribution in [-0.2, 0) is 16.4 Å². The van der Waals surface area contributed by atoms with Crippen molar-refractivity contribution in [3.8, 4) is 0 Å². The number of anilines is 1. The summed E-state index contributed by atoms with van der Waals surface area (Å²) in [7, 11) is -3.71. The minimum Gasteiger partial charge on any atom is -0.331 e. The molecule has 29 heavy (non-hydrogen) atoms. The first-order valence-corrected chi connectivity index (χ1v) is 10.4. The second-order valence-corrected chi connectivity index (χ2v) is 8.51. The van der Waals surface area contributed by atoms with Gasteiger partial charge >= 0.3 is 0 Å². The van der Waals surface area contributed by atoms with Gasteiger partial charge in [0.15, 0.2) is 9.84 Å². The topological polar surface area (TPSA) is 124 Å². The second kappa shape index (κ2) is 7.84. The molecule has 1 amide bonds. The quantitative estimate of drug-likeness (QED) is 0.488. The number of nitrogens with zero attached hydrogens (tertiary/aromatic N) is 3. The molecule has 0 unspecified atom stereocenters. The van der Waals surface area contributed by atoms with E-state index in [1.54, 1.807) is 18.3 Å². The lowest BCUT2D eigenvalue weighted by Gasteiger charge is -2.09. The van der Waals surface area contributed by atoms with Crippen molar-refractivity contribution >= 4 is 27.1 Å². The molecule has 1 N–H and O–H groups in total. The number of aryl methyl sites for hydroxylation is 1. The molecule has 0 bridgehead atoms. The Labute approximate surface area is 167 Å². The third kappa shape index (κ3) is 4.85. The number of imidazole rings is 1. The zero-order chi connectivity index (χ0) is 21.2. The Morgan fingerprint density at radius 2 is 1.90 bits per heavy atom. The predicted molar refractivity (Wildman–Crippen MR) is 107 cm³/mol. The van der Waals surface area contributed by atoms with Crippen molar-refractivity contribution in [2.24, 2.45) is 0 Å². The van der Waals surface area contributed by atoms with E-state index < -0.39 is 26.4 Å². The number of carbonyl (C=O) groups is 1. The predicted octanol–water partition coefficient (Wildman–Crippen LogP) is 2.80. The number of hydrogen-bond donors (Lipinski definition) is 1. The van der Waals surface area contributed by atoms with Gasteiger partial charge in [-0.25, -0.2) is 13.4 Å². The number of nitro groups is 1. The Morgan fingerprint density at radius 1 is 1.21 bits per heavy atom. The zero-order valence-electron chi connectivity index (χ0n) is 15.7. The Morgan fingerprint density at radius 3 is 2.45 bits per heavy atom. The Kier molecular flexibility index (Phi) is 5.46. The summed E-state index contributed by atoms with van der Waals surface area (Å²) in [5.74, 6) is 0.242. The SMILES string of the molecule is Cc1nccn1Cc1ccc(NC(=O)c2cc([N+](=O)[O-])cc(S(C)(=O)=O)c2)cc1. The van der Waals surface area contributed by atoms with Gasteiger partial charge in [-0.1, -0.05) is 12.1 Å². The zero-order valence-corrected chi connectivity index (χ0v) is 16.5. The van der Waals surface area contributed by atoms with Gasteiger partial charge < -0.3 is 9.88 Å². The van der Waals surface area contributed by atoms with Crippen molar-refractivity contribution in [3.05, 3.63) is 81.9 Å². The minimum absolute atomic E-state index is 0.113. The van der Waals surface area contributed by atoms with Crippen LogP contribution in [0.15, 0.2) is 59.8 Å². The Bertz CT molecular complexity index is 1180. The molecular formula is C19H18N4O5S. The van der Waals surface area contributed by atoms with Gasteiger partial charge in [-0.15, -0.1) is 0 Å². The highest BCUT2D eigenvalue weighted by Gasteiger charge is 2.19. The van der Waals surface area contributed by atoms with E-state index in [0.29, 0.717) is 12.2 Å². The highest BCUT2D eigenvalue weighted by molar-refractivity contribution is 7.90. The fourth-order valence-corrected chi connectivity index (χ4v) is 3.37. The molecule has 0 aliphatic heterocycles. The summed E-state index contributed by atoms with van der Waals surface area (Å²) in [6, 6.07) is 10.2. The van der Waals surface area contributed by atoms with Crippen LogP contribution in [0.1, 0.15) is 21.7 Å². The van der Waals surface area contributed by atoms with Gasteiger partial charge in [0.1, 0.15) is 5.82 Å². The molecular weight excluding hydrogens is 396 g/mol. The van der Waals surface area contributed by atoms with Crippen LogP contribution in [0.3, 0.4) is 0 Å². The van der Waals surface area contributed by atoms with E-state index >= 15 is 0 Å². The average molecular weight is 414 g/mol. The van der Waals surface area contributed by atoms with E-state index in [1.807, 2.05) is 29.8 Å². The van der Waals surface area contributed by atoms with Crippen molar-refractivity contribution in [3.63, 3.8) is 0 Å². The lowest BCUT2D eigenvalue weighted by molar-refractivity contribution is -0.385. The number of sulfone groups is 1. The molecule has 0 aliphatic carbocycles. The van der Waals surface area contributed by atoms with Crippen LogP contribution in [0.5, 0.6) is 0 Å². The number of nitro benzene ring substituents is 1. The molecule has 0 atom stereocenters. The largest absolute Gasteiger partial charge is 0.331 e. The number of nitrogens with one attached hydrogen (secondary N) is 1. The molecule has 3 aromatic rings. The second-order valence-electron chi connectivity index (χ2n) is 6.50. The first kappa shape index (κ1) is 20.2. The lowest BCUT2D eigenvalue weighted by Crippen LogP contribution is -2.13. The third-order valence-electron chi connectivity index (χ3n) is 4.28. The molecule has 0 saturated carbocycles. The fraction of sp³-hybridized carbons (Fsp3) is 0.158. The summed E-state index contributed by atoms with van der Waals surface area (Å²) in [5, 5.41) is 13.7. The average Bonchev–Trinajstić information content (AvgIpc) is 3.06. The number of aromatic nitrogens is 2. The first-order valence-electron chi connectivity index (χ1n) is 8.51. The molecule has 3 rings (SSSR count). The van der Waals surface area contributed by atoms with Crippen LogP contribution in [0.2, 0.25) is 0 Å². The number of hydrogen-bond acceptors (Lipinski definition) is 6. The Balaban J connectivity index is 1.80.